The van der Waals surface area contributed by atoms with Gasteiger partial charge in [0.25, 0.3) is 0 Å². The number of aromatic nitrogens is 1. The van der Waals surface area contributed by atoms with Crippen LogP contribution in [0.25, 0.3) is 0 Å². The summed E-state index contributed by atoms with van der Waals surface area (Å²) in [6.07, 6.45) is 0. The largest absolute Gasteiger partial charge is 0.352 e. The summed E-state index contributed by atoms with van der Waals surface area (Å²) in [6, 6.07) is 3.47. The maximum Gasteiger partial charge on any atom is 0.154 e. The van der Waals surface area contributed by atoms with Crippen LogP contribution in [0.3, 0.4) is 0 Å². The lowest BCUT2D eigenvalue weighted by Crippen LogP contribution is -2.47. The van der Waals surface area contributed by atoms with Crippen molar-refractivity contribution in [2.45, 2.75) is 19.5 Å². The van der Waals surface area contributed by atoms with Gasteiger partial charge in [-0.1, -0.05) is 11.6 Å². The molecule has 1 aromatic rings. The van der Waals surface area contributed by atoms with E-state index in [4.69, 9.17) is 17.3 Å². The zero-order valence-electron chi connectivity index (χ0n) is 10.1. The maximum atomic E-state index is 11.5. The lowest BCUT2D eigenvalue weighted by Gasteiger charge is -2.34. The predicted octanol–water partition coefficient (Wildman–Crippen LogP) is 0.817. The van der Waals surface area contributed by atoms with E-state index in [0.29, 0.717) is 17.3 Å². The third-order valence-corrected chi connectivity index (χ3v) is 5.20. The van der Waals surface area contributed by atoms with Crippen LogP contribution < -0.4 is 10.6 Å². The molecule has 5 nitrogen and oxygen atoms in total. The van der Waals surface area contributed by atoms with Crippen molar-refractivity contribution < 1.29 is 8.42 Å². The molecule has 1 saturated heterocycles. The van der Waals surface area contributed by atoms with Gasteiger partial charge in [-0.25, -0.2) is 13.4 Å². The average Bonchev–Trinajstić information content (AvgIpc) is 2.29. The van der Waals surface area contributed by atoms with E-state index in [1.54, 1.807) is 12.1 Å². The Labute approximate surface area is 112 Å². The van der Waals surface area contributed by atoms with Gasteiger partial charge in [-0.05, 0) is 19.1 Å². The fourth-order valence-corrected chi connectivity index (χ4v) is 3.85. The number of hydrogen-bond acceptors (Lipinski definition) is 5. The summed E-state index contributed by atoms with van der Waals surface area (Å²) in [5.41, 5.74) is 6.20. The molecule has 0 bridgehead atoms. The molecule has 1 aliphatic heterocycles. The summed E-state index contributed by atoms with van der Waals surface area (Å²) < 4.78 is 23.1. The van der Waals surface area contributed by atoms with E-state index in [-0.39, 0.29) is 24.1 Å². The van der Waals surface area contributed by atoms with Crippen molar-refractivity contribution in [3.63, 3.8) is 0 Å². The van der Waals surface area contributed by atoms with Crippen LogP contribution in [0.5, 0.6) is 0 Å². The minimum atomic E-state index is -2.92. The smallest absolute Gasteiger partial charge is 0.154 e. The number of anilines is 1. The minimum absolute atomic E-state index is 0.0805. The van der Waals surface area contributed by atoms with Gasteiger partial charge < -0.3 is 10.6 Å². The molecule has 0 spiro atoms. The Balaban J connectivity index is 2.27. The van der Waals surface area contributed by atoms with Crippen LogP contribution in [0.1, 0.15) is 12.6 Å². The van der Waals surface area contributed by atoms with E-state index in [1.165, 1.54) is 0 Å². The molecule has 0 radical (unpaired) electrons. The van der Waals surface area contributed by atoms with Crippen LogP contribution in [0, 0.1) is 0 Å². The third kappa shape index (κ3) is 2.76. The molecule has 1 unspecified atom stereocenters. The minimum Gasteiger partial charge on any atom is -0.352 e. The SMILES string of the molecule is CC1CS(=O)(=O)CCN1c1ccc(Cl)c(CN)n1. The molecule has 1 fully saturated rings. The zero-order chi connectivity index (χ0) is 13.3. The lowest BCUT2D eigenvalue weighted by molar-refractivity contribution is 0.566. The first-order chi connectivity index (χ1) is 8.43. The van der Waals surface area contributed by atoms with E-state index in [0.717, 1.165) is 5.82 Å². The van der Waals surface area contributed by atoms with Gasteiger partial charge in [0.05, 0.1) is 22.2 Å². The molecule has 1 atom stereocenters. The van der Waals surface area contributed by atoms with Gasteiger partial charge in [-0.3, -0.25) is 0 Å². The predicted molar refractivity (Wildman–Crippen MR) is 72.6 cm³/mol. The Morgan fingerprint density at radius 1 is 1.56 bits per heavy atom. The highest BCUT2D eigenvalue weighted by Crippen LogP contribution is 2.23. The summed E-state index contributed by atoms with van der Waals surface area (Å²) in [7, 11) is -2.92. The Kier molecular flexibility index (Phi) is 3.79. The topological polar surface area (TPSA) is 76.3 Å². The normalized spacial score (nSPS) is 23.1. The quantitative estimate of drug-likeness (QED) is 0.872. The first-order valence-corrected chi connectivity index (χ1v) is 7.95. The van der Waals surface area contributed by atoms with Crippen molar-refractivity contribution in [3.05, 3.63) is 22.8 Å². The summed E-state index contributed by atoms with van der Waals surface area (Å²) in [5, 5.41) is 0.540. The fourth-order valence-electron chi connectivity index (χ4n) is 2.11. The summed E-state index contributed by atoms with van der Waals surface area (Å²) in [4.78, 5) is 6.37. The van der Waals surface area contributed by atoms with Gasteiger partial charge in [0.1, 0.15) is 5.82 Å². The molecule has 0 amide bonds. The van der Waals surface area contributed by atoms with Crippen LogP contribution >= 0.6 is 11.6 Å². The molecule has 1 aromatic heterocycles. The number of rotatable bonds is 2. The fraction of sp³-hybridized carbons (Fsp3) is 0.545. The highest BCUT2D eigenvalue weighted by molar-refractivity contribution is 7.91. The Morgan fingerprint density at radius 2 is 2.28 bits per heavy atom. The molecule has 0 aromatic carbocycles. The third-order valence-electron chi connectivity index (χ3n) is 3.06. The van der Waals surface area contributed by atoms with Gasteiger partial charge in [-0.15, -0.1) is 0 Å². The Hall–Kier alpha value is -0.850. The molecule has 2 rings (SSSR count). The molecular formula is C11H16ClN3O2S. The van der Waals surface area contributed by atoms with Crippen LogP contribution in [0.2, 0.25) is 5.02 Å². The highest BCUT2D eigenvalue weighted by atomic mass is 35.5. The van der Waals surface area contributed by atoms with Crippen LogP contribution in [-0.2, 0) is 16.4 Å². The number of hydrogen-bond donors (Lipinski definition) is 1. The van der Waals surface area contributed by atoms with E-state index >= 15 is 0 Å². The molecule has 100 valence electrons. The molecular weight excluding hydrogens is 274 g/mol. The second-order valence-corrected chi connectivity index (χ2v) is 7.09. The maximum absolute atomic E-state index is 11.5. The first-order valence-electron chi connectivity index (χ1n) is 5.75. The van der Waals surface area contributed by atoms with Gasteiger partial charge in [0.15, 0.2) is 9.84 Å². The second-order valence-electron chi connectivity index (χ2n) is 4.46. The standard InChI is InChI=1S/C11H16ClN3O2S/c1-8-7-18(16,17)5-4-15(8)11-3-2-9(12)10(6-13)14-11/h2-3,8H,4-7,13H2,1H3. The van der Waals surface area contributed by atoms with Crippen LogP contribution in [-0.4, -0.2) is 37.5 Å². The van der Waals surface area contributed by atoms with Crippen molar-refractivity contribution in [2.24, 2.45) is 5.73 Å². The number of nitrogens with two attached hydrogens (primary N) is 1. The van der Waals surface area contributed by atoms with Crippen LogP contribution in [0.4, 0.5) is 5.82 Å². The number of halogens is 1. The van der Waals surface area contributed by atoms with Crippen molar-refractivity contribution in [1.29, 1.82) is 0 Å². The summed E-state index contributed by atoms with van der Waals surface area (Å²) in [6.45, 7) is 2.62. The zero-order valence-corrected chi connectivity index (χ0v) is 11.7. The van der Waals surface area contributed by atoms with Crippen molar-refractivity contribution in [3.8, 4) is 0 Å². The van der Waals surface area contributed by atoms with Gasteiger partial charge in [-0.2, -0.15) is 0 Å². The van der Waals surface area contributed by atoms with E-state index in [9.17, 15) is 8.42 Å². The van der Waals surface area contributed by atoms with E-state index in [2.05, 4.69) is 4.98 Å². The van der Waals surface area contributed by atoms with Gasteiger partial charge >= 0.3 is 0 Å². The molecule has 0 saturated carbocycles. The molecule has 1 aliphatic rings. The average molecular weight is 290 g/mol. The number of sulfone groups is 1. The van der Waals surface area contributed by atoms with Crippen molar-refractivity contribution in [1.82, 2.24) is 4.98 Å². The summed E-state index contributed by atoms with van der Waals surface area (Å²) in [5.74, 6) is 1.07. The first kappa shape index (κ1) is 13.6. The van der Waals surface area contributed by atoms with Gasteiger partial charge in [0, 0.05) is 19.1 Å². The van der Waals surface area contributed by atoms with E-state index in [1.807, 2.05) is 11.8 Å². The number of nitrogens with zero attached hydrogens (tertiary/aromatic N) is 2. The van der Waals surface area contributed by atoms with Crippen LogP contribution in [0.15, 0.2) is 12.1 Å². The lowest BCUT2D eigenvalue weighted by atomic mass is 10.2. The molecule has 2 heterocycles. The Morgan fingerprint density at radius 3 is 2.89 bits per heavy atom. The highest BCUT2D eigenvalue weighted by Gasteiger charge is 2.29. The number of pyridine rings is 1. The molecule has 7 heteroatoms. The van der Waals surface area contributed by atoms with Gasteiger partial charge in [0.2, 0.25) is 0 Å². The summed E-state index contributed by atoms with van der Waals surface area (Å²) >= 11 is 5.96. The van der Waals surface area contributed by atoms with E-state index < -0.39 is 9.84 Å². The monoisotopic (exact) mass is 289 g/mol. The molecule has 18 heavy (non-hydrogen) atoms. The molecule has 2 N–H and O–H groups in total. The Bertz CT molecular complexity index is 547. The molecule has 0 aliphatic carbocycles. The second kappa shape index (κ2) is 5.03. The van der Waals surface area contributed by atoms with Crippen molar-refractivity contribution >= 4 is 27.3 Å². The van der Waals surface area contributed by atoms with Crippen molar-refractivity contribution in [2.75, 3.05) is 23.0 Å².